The standard InChI is InChI=1S/C15H22N6O3S/c1-11-7-13(21-14(19-11)16-10-17-21)20-8-15(9-20)12(4-6-24-15)3-5-18-25(2,22)23/h7,10,12,18H,3-6,8-9H2,1-2H3. The molecule has 0 bridgehead atoms. The van der Waals surface area contributed by atoms with E-state index in [4.69, 9.17) is 4.74 Å². The van der Waals surface area contributed by atoms with E-state index in [-0.39, 0.29) is 5.60 Å². The van der Waals surface area contributed by atoms with E-state index >= 15 is 0 Å². The highest BCUT2D eigenvalue weighted by molar-refractivity contribution is 7.88. The van der Waals surface area contributed by atoms with Crippen LogP contribution < -0.4 is 9.62 Å². The maximum absolute atomic E-state index is 11.2. The van der Waals surface area contributed by atoms with Gasteiger partial charge in [-0.3, -0.25) is 0 Å². The maximum Gasteiger partial charge on any atom is 0.254 e. The van der Waals surface area contributed by atoms with Crippen molar-refractivity contribution < 1.29 is 13.2 Å². The molecule has 2 saturated heterocycles. The van der Waals surface area contributed by atoms with Crippen LogP contribution in [0, 0.1) is 12.8 Å². The molecule has 4 rings (SSSR count). The second kappa shape index (κ2) is 5.89. The molecule has 0 aromatic carbocycles. The van der Waals surface area contributed by atoms with E-state index in [2.05, 4.69) is 24.7 Å². The lowest BCUT2D eigenvalue weighted by atomic mass is 9.79. The molecule has 10 heteroatoms. The van der Waals surface area contributed by atoms with Crippen LogP contribution in [0.3, 0.4) is 0 Å². The first-order valence-corrected chi connectivity index (χ1v) is 10.3. The van der Waals surface area contributed by atoms with Gasteiger partial charge in [-0.15, -0.1) is 0 Å². The molecule has 1 atom stereocenters. The van der Waals surface area contributed by atoms with Gasteiger partial charge in [-0.2, -0.15) is 14.6 Å². The summed E-state index contributed by atoms with van der Waals surface area (Å²) in [7, 11) is -3.14. The molecule has 2 aromatic heterocycles. The average Bonchev–Trinajstić information content (AvgIpc) is 3.10. The fourth-order valence-corrected chi connectivity index (χ4v) is 4.35. The number of hydrogen-bond donors (Lipinski definition) is 1. The summed E-state index contributed by atoms with van der Waals surface area (Å²) in [6, 6.07) is 2.00. The van der Waals surface area contributed by atoms with Gasteiger partial charge >= 0.3 is 0 Å². The van der Waals surface area contributed by atoms with Crippen LogP contribution in [0.25, 0.3) is 5.78 Å². The summed E-state index contributed by atoms with van der Waals surface area (Å²) in [5.74, 6) is 1.92. The van der Waals surface area contributed by atoms with Gasteiger partial charge in [0.15, 0.2) is 0 Å². The molecule has 1 spiro atoms. The van der Waals surface area contributed by atoms with Gasteiger partial charge in [0.05, 0.1) is 19.3 Å². The zero-order valence-electron chi connectivity index (χ0n) is 14.3. The summed E-state index contributed by atoms with van der Waals surface area (Å²) >= 11 is 0. The molecule has 9 nitrogen and oxygen atoms in total. The van der Waals surface area contributed by atoms with Crippen LogP contribution >= 0.6 is 0 Å². The maximum atomic E-state index is 11.2. The second-order valence-electron chi connectivity index (χ2n) is 6.94. The molecule has 0 aliphatic carbocycles. The van der Waals surface area contributed by atoms with Crippen LogP contribution in [0.4, 0.5) is 5.82 Å². The lowest BCUT2D eigenvalue weighted by Crippen LogP contribution is -2.65. The summed E-state index contributed by atoms with van der Waals surface area (Å²) in [5, 5.41) is 4.26. The van der Waals surface area contributed by atoms with Gasteiger partial charge < -0.3 is 9.64 Å². The fourth-order valence-electron chi connectivity index (χ4n) is 3.86. The topological polar surface area (TPSA) is 102 Å². The Morgan fingerprint density at radius 1 is 1.44 bits per heavy atom. The number of hydrogen-bond acceptors (Lipinski definition) is 7. The molecule has 2 aliphatic rings. The first-order chi connectivity index (χ1) is 11.9. The number of nitrogens with one attached hydrogen (secondary N) is 1. The monoisotopic (exact) mass is 366 g/mol. The smallest absolute Gasteiger partial charge is 0.254 e. The predicted octanol–water partition coefficient (Wildman–Crippen LogP) is -0.0327. The Hall–Kier alpha value is -1.78. The first-order valence-electron chi connectivity index (χ1n) is 8.37. The minimum absolute atomic E-state index is 0.191. The third-order valence-electron chi connectivity index (χ3n) is 5.06. The fraction of sp³-hybridized carbons (Fsp3) is 0.667. The van der Waals surface area contributed by atoms with Crippen LogP contribution in [0.15, 0.2) is 12.4 Å². The van der Waals surface area contributed by atoms with Crippen molar-refractivity contribution in [1.29, 1.82) is 0 Å². The Bertz CT molecular complexity index is 890. The van der Waals surface area contributed by atoms with E-state index in [1.165, 1.54) is 12.6 Å². The molecular formula is C15H22N6O3S. The van der Waals surface area contributed by atoms with E-state index in [9.17, 15) is 8.42 Å². The summed E-state index contributed by atoms with van der Waals surface area (Å²) in [6.45, 7) is 4.67. The SMILES string of the molecule is Cc1cc(N2CC3(C2)OCCC3CCNS(C)(=O)=O)n2ncnc2n1. The van der Waals surface area contributed by atoms with Crippen molar-refractivity contribution in [3.05, 3.63) is 18.1 Å². The average molecular weight is 366 g/mol. The lowest BCUT2D eigenvalue weighted by molar-refractivity contribution is -0.0455. The largest absolute Gasteiger partial charge is 0.371 e. The molecule has 1 unspecified atom stereocenters. The van der Waals surface area contributed by atoms with E-state index < -0.39 is 10.0 Å². The Labute approximate surface area is 146 Å². The lowest BCUT2D eigenvalue weighted by Gasteiger charge is -2.51. The Balaban J connectivity index is 1.47. The normalized spacial score (nSPS) is 22.6. The van der Waals surface area contributed by atoms with Gasteiger partial charge in [0.2, 0.25) is 10.0 Å². The molecule has 0 saturated carbocycles. The predicted molar refractivity (Wildman–Crippen MR) is 92.0 cm³/mol. The zero-order chi connectivity index (χ0) is 17.7. The van der Waals surface area contributed by atoms with Crippen molar-refractivity contribution in [2.24, 2.45) is 5.92 Å². The van der Waals surface area contributed by atoms with Crippen molar-refractivity contribution in [1.82, 2.24) is 24.3 Å². The molecule has 2 aliphatic heterocycles. The quantitative estimate of drug-likeness (QED) is 0.793. The minimum Gasteiger partial charge on any atom is -0.371 e. The molecule has 136 valence electrons. The van der Waals surface area contributed by atoms with Crippen LogP contribution in [0.1, 0.15) is 18.5 Å². The summed E-state index contributed by atoms with van der Waals surface area (Å²) in [4.78, 5) is 10.8. The molecule has 1 N–H and O–H groups in total. The van der Waals surface area contributed by atoms with Gasteiger partial charge in [-0.25, -0.2) is 18.1 Å². The molecule has 2 aromatic rings. The molecule has 4 heterocycles. The molecule has 0 radical (unpaired) electrons. The summed E-state index contributed by atoms with van der Waals surface area (Å²) in [5.41, 5.74) is 0.709. The van der Waals surface area contributed by atoms with E-state index in [1.54, 1.807) is 4.52 Å². The molecule has 0 amide bonds. The number of rotatable bonds is 5. The van der Waals surface area contributed by atoms with Crippen molar-refractivity contribution in [2.75, 3.05) is 37.4 Å². The number of anilines is 1. The van der Waals surface area contributed by atoms with Crippen LogP contribution in [0.5, 0.6) is 0 Å². The second-order valence-corrected chi connectivity index (χ2v) is 8.77. The van der Waals surface area contributed by atoms with Crippen molar-refractivity contribution in [3.63, 3.8) is 0 Å². The number of nitrogens with zero attached hydrogens (tertiary/aromatic N) is 5. The van der Waals surface area contributed by atoms with Crippen molar-refractivity contribution in [3.8, 4) is 0 Å². The third-order valence-corrected chi connectivity index (χ3v) is 5.79. The van der Waals surface area contributed by atoms with Gasteiger partial charge in [0.25, 0.3) is 5.78 Å². The van der Waals surface area contributed by atoms with Gasteiger partial charge in [0.1, 0.15) is 17.7 Å². The van der Waals surface area contributed by atoms with Crippen LogP contribution in [-0.2, 0) is 14.8 Å². The van der Waals surface area contributed by atoms with Crippen LogP contribution in [-0.4, -0.2) is 66.1 Å². The Kier molecular flexibility index (Phi) is 3.93. The number of aromatic nitrogens is 4. The first kappa shape index (κ1) is 16.7. The number of sulfonamides is 1. The Morgan fingerprint density at radius 2 is 2.24 bits per heavy atom. The Morgan fingerprint density at radius 3 is 3.00 bits per heavy atom. The summed E-state index contributed by atoms with van der Waals surface area (Å²) < 4.78 is 32.9. The number of ether oxygens (including phenoxy) is 1. The van der Waals surface area contributed by atoms with E-state index in [0.29, 0.717) is 18.2 Å². The molecule has 25 heavy (non-hydrogen) atoms. The van der Waals surface area contributed by atoms with Crippen LogP contribution in [0.2, 0.25) is 0 Å². The highest BCUT2D eigenvalue weighted by Crippen LogP contribution is 2.43. The van der Waals surface area contributed by atoms with Gasteiger partial charge in [-0.05, 0) is 25.7 Å². The number of aryl methyl sites for hydroxylation is 1. The highest BCUT2D eigenvalue weighted by Gasteiger charge is 2.53. The summed E-state index contributed by atoms with van der Waals surface area (Å²) in [6.07, 6.45) is 4.45. The van der Waals surface area contributed by atoms with Gasteiger partial charge in [0, 0.05) is 24.9 Å². The van der Waals surface area contributed by atoms with E-state index in [0.717, 1.165) is 44.0 Å². The highest BCUT2D eigenvalue weighted by atomic mass is 32.2. The van der Waals surface area contributed by atoms with Gasteiger partial charge in [-0.1, -0.05) is 0 Å². The van der Waals surface area contributed by atoms with Crippen molar-refractivity contribution in [2.45, 2.75) is 25.4 Å². The zero-order valence-corrected chi connectivity index (χ0v) is 15.2. The number of fused-ring (bicyclic) bond motifs is 1. The molecular weight excluding hydrogens is 344 g/mol. The molecule has 2 fully saturated rings. The minimum atomic E-state index is -3.14. The van der Waals surface area contributed by atoms with Crippen molar-refractivity contribution >= 4 is 21.6 Å². The van der Waals surface area contributed by atoms with E-state index in [1.807, 2.05) is 13.0 Å². The third kappa shape index (κ3) is 3.09.